The first-order valence-electron chi connectivity index (χ1n) is 8.74. The average Bonchev–Trinajstić information content (AvgIpc) is 2.59. The molecule has 0 radical (unpaired) electrons. The first-order valence-corrected chi connectivity index (χ1v) is 10.2. The van der Waals surface area contributed by atoms with E-state index in [1.165, 1.54) is 0 Å². The minimum atomic E-state index is -3.54. The van der Waals surface area contributed by atoms with Crippen LogP contribution in [0.3, 0.4) is 0 Å². The van der Waals surface area contributed by atoms with Gasteiger partial charge in [0.15, 0.2) is 0 Å². The Morgan fingerprint density at radius 1 is 1.00 bits per heavy atom. The minimum absolute atomic E-state index is 0.333. The van der Waals surface area contributed by atoms with E-state index in [2.05, 4.69) is 4.72 Å². The van der Waals surface area contributed by atoms with Gasteiger partial charge in [-0.15, -0.1) is 0 Å². The van der Waals surface area contributed by atoms with Gasteiger partial charge in [-0.1, -0.05) is 12.1 Å². The van der Waals surface area contributed by atoms with Crippen LogP contribution in [0.4, 0.5) is 0 Å². The highest BCUT2D eigenvalue weighted by molar-refractivity contribution is 7.89. The number of ether oxygens (including phenoxy) is 2. The second kappa shape index (κ2) is 9.05. The summed E-state index contributed by atoms with van der Waals surface area (Å²) in [5.41, 5.74) is 2.52. The summed E-state index contributed by atoms with van der Waals surface area (Å²) in [7, 11) is -1.97. The fourth-order valence-corrected chi connectivity index (χ4v) is 4.47. The van der Waals surface area contributed by atoms with Gasteiger partial charge in [-0.25, -0.2) is 13.1 Å². The molecule has 0 spiro atoms. The van der Waals surface area contributed by atoms with Crippen molar-refractivity contribution in [2.45, 2.75) is 38.5 Å². The van der Waals surface area contributed by atoms with Crippen molar-refractivity contribution in [3.8, 4) is 11.5 Å². The van der Waals surface area contributed by atoms with Gasteiger partial charge in [-0.05, 0) is 74.6 Å². The monoisotopic (exact) mass is 377 g/mol. The van der Waals surface area contributed by atoms with Crippen LogP contribution in [0.1, 0.15) is 30.0 Å². The molecule has 142 valence electrons. The Morgan fingerprint density at radius 2 is 1.62 bits per heavy atom. The van der Waals surface area contributed by atoms with Crippen LogP contribution in [0.25, 0.3) is 0 Å². The third kappa shape index (κ3) is 5.22. The average molecular weight is 378 g/mol. The Morgan fingerprint density at radius 3 is 2.15 bits per heavy atom. The van der Waals surface area contributed by atoms with Gasteiger partial charge < -0.3 is 9.47 Å². The van der Waals surface area contributed by atoms with Gasteiger partial charge >= 0.3 is 0 Å². The lowest BCUT2D eigenvalue weighted by Crippen LogP contribution is -2.26. The Bertz CT molecular complexity index is 806. The normalized spacial score (nSPS) is 11.4. The zero-order valence-corrected chi connectivity index (χ0v) is 16.7. The van der Waals surface area contributed by atoms with Crippen molar-refractivity contribution in [1.29, 1.82) is 0 Å². The van der Waals surface area contributed by atoms with Crippen LogP contribution in [-0.4, -0.2) is 28.7 Å². The summed E-state index contributed by atoms with van der Waals surface area (Å²) in [4.78, 5) is 0.333. The minimum Gasteiger partial charge on any atom is -0.497 e. The smallest absolute Gasteiger partial charge is 0.241 e. The standard InChI is InChI=1S/C20H27NO4S/c1-5-25-18-10-8-17(9-11-18)7-6-12-21-26(22,23)20-15(2)13-19(24-4)14-16(20)3/h8-11,13-14,21H,5-7,12H2,1-4H3. The zero-order valence-electron chi connectivity index (χ0n) is 15.8. The molecule has 0 amide bonds. The highest BCUT2D eigenvalue weighted by Crippen LogP contribution is 2.25. The lowest BCUT2D eigenvalue weighted by atomic mass is 10.1. The van der Waals surface area contributed by atoms with Gasteiger partial charge in [-0.3, -0.25) is 0 Å². The van der Waals surface area contributed by atoms with E-state index >= 15 is 0 Å². The molecule has 0 heterocycles. The van der Waals surface area contributed by atoms with Crippen LogP contribution >= 0.6 is 0 Å². The Labute approximate surface area is 156 Å². The van der Waals surface area contributed by atoms with Crippen LogP contribution in [-0.2, 0) is 16.4 Å². The maximum absolute atomic E-state index is 12.6. The van der Waals surface area contributed by atoms with Gasteiger partial charge in [0, 0.05) is 6.54 Å². The van der Waals surface area contributed by atoms with Gasteiger partial charge in [0.1, 0.15) is 11.5 Å². The number of hydrogen-bond acceptors (Lipinski definition) is 4. The van der Waals surface area contributed by atoms with E-state index in [1.807, 2.05) is 31.2 Å². The molecule has 2 aromatic carbocycles. The predicted molar refractivity (Wildman–Crippen MR) is 104 cm³/mol. The van der Waals surface area contributed by atoms with E-state index < -0.39 is 10.0 Å². The van der Waals surface area contributed by atoms with Crippen molar-refractivity contribution >= 4 is 10.0 Å². The Kier molecular flexibility index (Phi) is 7.06. The van der Waals surface area contributed by atoms with Gasteiger partial charge in [0.2, 0.25) is 10.0 Å². The number of rotatable bonds is 9. The molecule has 0 aromatic heterocycles. The van der Waals surface area contributed by atoms with Crippen molar-refractivity contribution in [2.24, 2.45) is 0 Å². The third-order valence-corrected chi connectivity index (χ3v) is 5.87. The van der Waals surface area contributed by atoms with Gasteiger partial charge in [-0.2, -0.15) is 0 Å². The van der Waals surface area contributed by atoms with E-state index in [4.69, 9.17) is 9.47 Å². The quantitative estimate of drug-likeness (QED) is 0.678. The summed E-state index contributed by atoms with van der Waals surface area (Å²) >= 11 is 0. The van der Waals surface area contributed by atoms with Crippen molar-refractivity contribution in [3.63, 3.8) is 0 Å². The molecule has 0 unspecified atom stereocenters. The highest BCUT2D eigenvalue weighted by atomic mass is 32.2. The number of benzene rings is 2. The maximum Gasteiger partial charge on any atom is 0.241 e. The lowest BCUT2D eigenvalue weighted by Gasteiger charge is -2.13. The van der Waals surface area contributed by atoms with E-state index in [0.29, 0.717) is 34.9 Å². The summed E-state index contributed by atoms with van der Waals surface area (Å²) in [5.74, 6) is 1.51. The third-order valence-electron chi connectivity index (χ3n) is 4.11. The Hall–Kier alpha value is -2.05. The number of nitrogens with one attached hydrogen (secondary N) is 1. The molecule has 6 heteroatoms. The molecule has 0 saturated carbocycles. The number of sulfonamides is 1. The molecule has 0 saturated heterocycles. The SMILES string of the molecule is CCOc1ccc(CCCNS(=O)(=O)c2c(C)cc(OC)cc2C)cc1. The van der Waals surface area contributed by atoms with E-state index in [9.17, 15) is 8.42 Å². The molecule has 0 atom stereocenters. The fraction of sp³-hybridized carbons (Fsp3) is 0.400. The molecule has 0 aliphatic carbocycles. The number of methoxy groups -OCH3 is 1. The van der Waals surface area contributed by atoms with E-state index in [1.54, 1.807) is 33.1 Å². The Balaban J connectivity index is 1.94. The van der Waals surface area contributed by atoms with Crippen LogP contribution in [0.2, 0.25) is 0 Å². The second-order valence-electron chi connectivity index (χ2n) is 6.17. The molecule has 0 aliphatic rings. The number of hydrogen-bond donors (Lipinski definition) is 1. The molecule has 2 aromatic rings. The van der Waals surface area contributed by atoms with E-state index in [-0.39, 0.29) is 0 Å². The van der Waals surface area contributed by atoms with E-state index in [0.717, 1.165) is 24.2 Å². The molecule has 0 aliphatic heterocycles. The van der Waals surface area contributed by atoms with Crippen LogP contribution in [0.15, 0.2) is 41.3 Å². The summed E-state index contributed by atoms with van der Waals surface area (Å²) in [6.07, 6.45) is 1.52. The predicted octanol–water partition coefficient (Wildman–Crippen LogP) is 3.62. The van der Waals surface area contributed by atoms with Crippen molar-refractivity contribution in [2.75, 3.05) is 20.3 Å². The molecule has 5 nitrogen and oxygen atoms in total. The summed E-state index contributed by atoms with van der Waals surface area (Å²) in [6, 6.07) is 11.4. The first-order chi connectivity index (χ1) is 12.4. The molecular formula is C20H27NO4S. The molecule has 0 fully saturated rings. The zero-order chi connectivity index (χ0) is 19.2. The van der Waals surface area contributed by atoms with Gasteiger partial charge in [0.25, 0.3) is 0 Å². The van der Waals surface area contributed by atoms with Crippen molar-refractivity contribution < 1.29 is 17.9 Å². The fourth-order valence-electron chi connectivity index (χ4n) is 2.94. The van der Waals surface area contributed by atoms with Crippen LogP contribution < -0.4 is 14.2 Å². The summed E-state index contributed by atoms with van der Waals surface area (Å²) in [6.45, 7) is 6.55. The first kappa shape index (κ1) is 20.3. The molecule has 0 bridgehead atoms. The van der Waals surface area contributed by atoms with Crippen molar-refractivity contribution in [3.05, 3.63) is 53.1 Å². The lowest BCUT2D eigenvalue weighted by molar-refractivity contribution is 0.340. The van der Waals surface area contributed by atoms with Gasteiger partial charge in [0.05, 0.1) is 18.6 Å². The second-order valence-corrected chi connectivity index (χ2v) is 7.87. The van der Waals surface area contributed by atoms with Crippen LogP contribution in [0.5, 0.6) is 11.5 Å². The molecular weight excluding hydrogens is 350 g/mol. The molecule has 2 rings (SSSR count). The topological polar surface area (TPSA) is 64.6 Å². The molecule has 1 N–H and O–H groups in total. The molecule has 26 heavy (non-hydrogen) atoms. The van der Waals surface area contributed by atoms with Crippen molar-refractivity contribution in [1.82, 2.24) is 4.72 Å². The largest absolute Gasteiger partial charge is 0.497 e. The highest BCUT2D eigenvalue weighted by Gasteiger charge is 2.19. The maximum atomic E-state index is 12.6. The summed E-state index contributed by atoms with van der Waals surface area (Å²) < 4.78 is 38.6. The van der Waals surface area contributed by atoms with Crippen LogP contribution in [0, 0.1) is 13.8 Å². The summed E-state index contributed by atoms with van der Waals surface area (Å²) in [5, 5.41) is 0. The number of aryl methyl sites for hydroxylation is 3.